The van der Waals surface area contributed by atoms with Crippen molar-refractivity contribution in [3.8, 4) is 33.9 Å². The van der Waals surface area contributed by atoms with Crippen molar-refractivity contribution in [3.05, 3.63) is 145 Å². The van der Waals surface area contributed by atoms with Gasteiger partial charge in [-0.2, -0.15) is 0 Å². The maximum Gasteiger partial charge on any atom is 0.164 e. The summed E-state index contributed by atoms with van der Waals surface area (Å²) in [5.41, 5.74) is 7.05. The number of rotatable bonds is 4. The molecule has 8 aromatic rings. The number of hydrogen-bond acceptors (Lipinski definition) is 4. The normalized spacial score (nSPS) is 13.2. The van der Waals surface area contributed by atoms with Crippen molar-refractivity contribution >= 4 is 49.1 Å². The molecule has 9 rings (SSSR count). The number of furan rings is 1. The van der Waals surface area contributed by atoms with Crippen molar-refractivity contribution in [2.75, 3.05) is 0 Å². The average Bonchev–Trinajstić information content (AvgIpc) is 3.50. The number of aromatic nitrogens is 3. The quantitative estimate of drug-likeness (QED) is 0.209. The third-order valence-electron chi connectivity index (χ3n) is 8.76. The summed E-state index contributed by atoms with van der Waals surface area (Å²) in [6.07, 6.45) is 8.29. The Morgan fingerprint density at radius 1 is 0.511 bits per heavy atom. The molecule has 0 saturated carbocycles. The van der Waals surface area contributed by atoms with Gasteiger partial charge in [-0.25, -0.2) is 15.0 Å². The van der Waals surface area contributed by atoms with E-state index in [1.165, 1.54) is 10.8 Å². The van der Waals surface area contributed by atoms with E-state index in [9.17, 15) is 0 Å². The van der Waals surface area contributed by atoms with Crippen LogP contribution in [0.5, 0.6) is 0 Å². The molecular formula is C41H27N3O. The lowest BCUT2D eigenvalue weighted by atomic mass is 9.92. The Bertz CT molecular complexity index is 2500. The highest BCUT2D eigenvalue weighted by molar-refractivity contribution is 6.15. The summed E-state index contributed by atoms with van der Waals surface area (Å²) in [4.78, 5) is 15.3. The van der Waals surface area contributed by atoms with E-state index >= 15 is 0 Å². The molecule has 0 radical (unpaired) electrons. The van der Waals surface area contributed by atoms with Crippen molar-refractivity contribution in [2.45, 2.75) is 12.8 Å². The van der Waals surface area contributed by atoms with Crippen molar-refractivity contribution in [3.63, 3.8) is 0 Å². The summed E-state index contributed by atoms with van der Waals surface area (Å²) >= 11 is 0. The highest BCUT2D eigenvalue weighted by Crippen LogP contribution is 2.41. The van der Waals surface area contributed by atoms with Crippen LogP contribution in [-0.4, -0.2) is 15.0 Å². The van der Waals surface area contributed by atoms with Gasteiger partial charge in [-0.15, -0.1) is 0 Å². The van der Waals surface area contributed by atoms with Crippen LogP contribution >= 0.6 is 0 Å². The van der Waals surface area contributed by atoms with Gasteiger partial charge < -0.3 is 4.42 Å². The number of hydrogen-bond donors (Lipinski definition) is 0. The van der Waals surface area contributed by atoms with Crippen LogP contribution in [0.25, 0.3) is 83.0 Å². The molecule has 0 aliphatic heterocycles. The van der Waals surface area contributed by atoms with E-state index < -0.39 is 0 Å². The maximum absolute atomic E-state index is 6.27. The summed E-state index contributed by atoms with van der Waals surface area (Å²) in [5.74, 6) is 2.06. The van der Waals surface area contributed by atoms with Crippen molar-refractivity contribution in [1.82, 2.24) is 15.0 Å². The highest BCUT2D eigenvalue weighted by atomic mass is 16.3. The molecule has 212 valence electrons. The standard InChI is InChI=1S/C41H27N3O/c1-2-12-27(13-3-1)39-42-40(30-22-21-26-11-4-5-14-28(26)23-30)44-41(43-39)31-24-29-15-6-7-16-32(29)35(25-31)33-18-10-20-37-38(33)34-17-8-9-19-36(34)45-37/h1-2,4-12,14-25H,3,13H2. The Morgan fingerprint density at radius 2 is 1.22 bits per heavy atom. The second-order valence-corrected chi connectivity index (χ2v) is 11.5. The van der Waals surface area contributed by atoms with Crippen LogP contribution < -0.4 is 0 Å². The van der Waals surface area contributed by atoms with E-state index in [2.05, 4.69) is 121 Å². The van der Waals surface area contributed by atoms with Gasteiger partial charge in [0.25, 0.3) is 0 Å². The first-order valence-corrected chi connectivity index (χ1v) is 15.3. The first-order chi connectivity index (χ1) is 22.3. The maximum atomic E-state index is 6.27. The van der Waals surface area contributed by atoms with Crippen molar-refractivity contribution in [2.24, 2.45) is 0 Å². The van der Waals surface area contributed by atoms with E-state index in [4.69, 9.17) is 19.4 Å². The average molecular weight is 578 g/mol. The molecule has 0 N–H and O–H groups in total. The zero-order valence-electron chi connectivity index (χ0n) is 24.4. The molecule has 45 heavy (non-hydrogen) atoms. The fourth-order valence-electron chi connectivity index (χ4n) is 6.56. The summed E-state index contributed by atoms with van der Waals surface area (Å²) in [5, 5.41) is 6.87. The zero-order valence-corrected chi connectivity index (χ0v) is 24.4. The van der Waals surface area contributed by atoms with E-state index in [1.54, 1.807) is 0 Å². The lowest BCUT2D eigenvalue weighted by molar-refractivity contribution is 0.669. The van der Waals surface area contributed by atoms with Crippen molar-refractivity contribution < 1.29 is 4.42 Å². The molecule has 0 fully saturated rings. The van der Waals surface area contributed by atoms with Crippen LogP contribution in [0.4, 0.5) is 0 Å². The smallest absolute Gasteiger partial charge is 0.164 e. The van der Waals surface area contributed by atoms with E-state index in [0.29, 0.717) is 11.6 Å². The van der Waals surface area contributed by atoms with Gasteiger partial charge in [-0.05, 0) is 81.4 Å². The highest BCUT2D eigenvalue weighted by Gasteiger charge is 2.19. The molecular weight excluding hydrogens is 550 g/mol. The van der Waals surface area contributed by atoms with E-state index in [0.717, 1.165) is 79.2 Å². The molecule has 1 aliphatic carbocycles. The molecule has 0 amide bonds. The number of allylic oxidation sites excluding steroid dienone is 4. The SMILES string of the molecule is C1=CCCC(c2nc(-c3ccc4ccccc4c3)nc(-c3cc(-c4cccc5oc6ccccc6c45)c4ccccc4c3)n2)=C1. The van der Waals surface area contributed by atoms with Gasteiger partial charge >= 0.3 is 0 Å². The fraction of sp³-hybridized carbons (Fsp3) is 0.0488. The monoisotopic (exact) mass is 577 g/mol. The zero-order chi connectivity index (χ0) is 29.7. The van der Waals surface area contributed by atoms with Gasteiger partial charge in [0.05, 0.1) is 0 Å². The van der Waals surface area contributed by atoms with Gasteiger partial charge in [0.1, 0.15) is 11.2 Å². The van der Waals surface area contributed by atoms with Crippen LogP contribution in [0.2, 0.25) is 0 Å². The van der Waals surface area contributed by atoms with Gasteiger partial charge in [0.2, 0.25) is 0 Å². The van der Waals surface area contributed by atoms with Crippen molar-refractivity contribution in [1.29, 1.82) is 0 Å². The van der Waals surface area contributed by atoms with E-state index in [-0.39, 0.29) is 0 Å². The van der Waals surface area contributed by atoms with Gasteiger partial charge in [0.15, 0.2) is 17.5 Å². The summed E-state index contributed by atoms with van der Waals surface area (Å²) in [6, 6.07) is 42.3. The molecule has 4 nitrogen and oxygen atoms in total. The number of nitrogens with zero attached hydrogens (tertiary/aromatic N) is 3. The second-order valence-electron chi connectivity index (χ2n) is 11.5. The lowest BCUT2D eigenvalue weighted by Crippen LogP contribution is -2.04. The summed E-state index contributed by atoms with van der Waals surface area (Å²) in [6.45, 7) is 0. The topological polar surface area (TPSA) is 51.8 Å². The molecule has 2 aromatic heterocycles. The lowest BCUT2D eigenvalue weighted by Gasteiger charge is -2.14. The number of benzene rings is 6. The largest absolute Gasteiger partial charge is 0.456 e. The van der Waals surface area contributed by atoms with Gasteiger partial charge in [-0.3, -0.25) is 0 Å². The third-order valence-corrected chi connectivity index (χ3v) is 8.76. The minimum atomic E-state index is 0.662. The number of para-hydroxylation sites is 1. The fourth-order valence-corrected chi connectivity index (χ4v) is 6.56. The Labute approximate surface area is 260 Å². The first kappa shape index (κ1) is 25.6. The molecule has 2 heterocycles. The molecule has 0 atom stereocenters. The Balaban J connectivity index is 1.30. The predicted molar refractivity (Wildman–Crippen MR) is 185 cm³/mol. The molecule has 0 bridgehead atoms. The Hall–Kier alpha value is -5.87. The predicted octanol–water partition coefficient (Wildman–Crippen LogP) is 10.8. The third kappa shape index (κ3) is 4.42. The Morgan fingerprint density at radius 3 is 2.09 bits per heavy atom. The minimum absolute atomic E-state index is 0.662. The van der Waals surface area contributed by atoms with Gasteiger partial charge in [0, 0.05) is 21.9 Å². The van der Waals surface area contributed by atoms with Crippen LogP contribution in [0.3, 0.4) is 0 Å². The molecule has 0 unspecified atom stereocenters. The van der Waals surface area contributed by atoms with Crippen LogP contribution in [0.1, 0.15) is 18.7 Å². The molecule has 6 aromatic carbocycles. The second kappa shape index (κ2) is 10.4. The minimum Gasteiger partial charge on any atom is -0.456 e. The molecule has 4 heteroatoms. The summed E-state index contributed by atoms with van der Waals surface area (Å²) < 4.78 is 6.27. The van der Waals surface area contributed by atoms with Gasteiger partial charge in [-0.1, -0.05) is 109 Å². The van der Waals surface area contributed by atoms with E-state index in [1.807, 2.05) is 18.2 Å². The molecule has 1 aliphatic rings. The number of fused-ring (bicyclic) bond motifs is 5. The molecule has 0 spiro atoms. The summed E-state index contributed by atoms with van der Waals surface area (Å²) in [7, 11) is 0. The Kier molecular flexibility index (Phi) is 5.91. The molecule has 0 saturated heterocycles. The first-order valence-electron chi connectivity index (χ1n) is 15.3. The van der Waals surface area contributed by atoms with Crippen LogP contribution in [0.15, 0.2) is 144 Å². The van der Waals surface area contributed by atoms with Crippen LogP contribution in [-0.2, 0) is 0 Å². The van der Waals surface area contributed by atoms with Crippen LogP contribution in [0, 0.1) is 0 Å².